The molecule has 14 heteroatoms. The summed E-state index contributed by atoms with van der Waals surface area (Å²) in [5.74, 6) is -2.18. The molecule has 1 aliphatic carbocycles. The van der Waals surface area contributed by atoms with Gasteiger partial charge in [0.1, 0.15) is 29.6 Å². The Morgan fingerprint density at radius 1 is 1.00 bits per heavy atom. The van der Waals surface area contributed by atoms with Crippen LogP contribution >= 0.6 is 11.3 Å². The van der Waals surface area contributed by atoms with Crippen LogP contribution in [0.5, 0.6) is 11.5 Å². The summed E-state index contributed by atoms with van der Waals surface area (Å²) in [5.41, 5.74) is 0.750. The van der Waals surface area contributed by atoms with Crippen molar-refractivity contribution in [2.45, 2.75) is 32.4 Å². The van der Waals surface area contributed by atoms with Crippen molar-refractivity contribution in [1.29, 1.82) is 0 Å². The third-order valence-electron chi connectivity index (χ3n) is 8.11. The van der Waals surface area contributed by atoms with Gasteiger partial charge in [-0.2, -0.15) is 5.10 Å². The number of likely N-dealkylation sites (N-methyl/N-ethyl adjacent to an activating group) is 1. The first-order chi connectivity index (χ1) is 23.0. The van der Waals surface area contributed by atoms with Gasteiger partial charge in [0.25, 0.3) is 0 Å². The van der Waals surface area contributed by atoms with Gasteiger partial charge in [0.2, 0.25) is 11.8 Å². The second-order valence-electron chi connectivity index (χ2n) is 11.7. The SMILES string of the molecule is CC(C(=O)OCCn1cc(-c2cc3nccc(Oc4ccc(NC(=O)C5(C(=O)Nc6ccc(F)cc6)CC5)cc4F)c3s2)cn1)N(C)C. The number of rotatable bonds is 12. The van der Waals surface area contributed by atoms with Crippen molar-refractivity contribution in [2.24, 2.45) is 5.41 Å². The van der Waals surface area contributed by atoms with Crippen LogP contribution in [0.2, 0.25) is 0 Å². The maximum absolute atomic E-state index is 15.2. The Balaban J connectivity index is 1.09. The molecule has 3 heterocycles. The van der Waals surface area contributed by atoms with Crippen LogP contribution in [0, 0.1) is 17.0 Å². The molecule has 248 valence electrons. The third-order valence-corrected chi connectivity index (χ3v) is 9.29. The van der Waals surface area contributed by atoms with E-state index in [1.54, 1.807) is 35.0 Å². The number of anilines is 2. The summed E-state index contributed by atoms with van der Waals surface area (Å²) in [7, 11) is 3.62. The molecule has 0 saturated heterocycles. The highest BCUT2D eigenvalue weighted by molar-refractivity contribution is 7.22. The Kier molecular flexibility index (Phi) is 9.20. The summed E-state index contributed by atoms with van der Waals surface area (Å²) in [6, 6.07) is 12.5. The fourth-order valence-electron chi connectivity index (χ4n) is 4.82. The Labute approximate surface area is 278 Å². The Morgan fingerprint density at radius 3 is 2.40 bits per heavy atom. The Hall–Kier alpha value is -5.21. The average molecular weight is 675 g/mol. The molecule has 2 aromatic carbocycles. The van der Waals surface area contributed by atoms with E-state index in [9.17, 15) is 18.8 Å². The van der Waals surface area contributed by atoms with Gasteiger partial charge >= 0.3 is 5.97 Å². The van der Waals surface area contributed by atoms with Crippen molar-refractivity contribution in [3.63, 3.8) is 0 Å². The third kappa shape index (κ3) is 7.04. The molecule has 5 aromatic rings. The second kappa shape index (κ2) is 13.5. The number of amides is 2. The first-order valence-electron chi connectivity index (χ1n) is 15.1. The maximum Gasteiger partial charge on any atom is 0.323 e. The van der Waals surface area contributed by atoms with Crippen LogP contribution < -0.4 is 15.4 Å². The van der Waals surface area contributed by atoms with Crippen LogP contribution in [0.3, 0.4) is 0 Å². The van der Waals surface area contributed by atoms with Gasteiger partial charge in [0.15, 0.2) is 11.6 Å². The van der Waals surface area contributed by atoms with Crippen molar-refractivity contribution >= 4 is 50.7 Å². The number of thiophene rings is 1. The largest absolute Gasteiger partial charge is 0.463 e. The molecule has 48 heavy (non-hydrogen) atoms. The van der Waals surface area contributed by atoms with Crippen molar-refractivity contribution in [3.8, 4) is 21.9 Å². The van der Waals surface area contributed by atoms with Crippen LogP contribution in [0.1, 0.15) is 19.8 Å². The van der Waals surface area contributed by atoms with E-state index >= 15 is 4.39 Å². The number of nitrogens with one attached hydrogen (secondary N) is 2. The van der Waals surface area contributed by atoms with Gasteiger partial charge in [-0.1, -0.05) is 0 Å². The molecule has 1 saturated carbocycles. The fraction of sp³-hybridized carbons (Fsp3) is 0.265. The number of halogens is 2. The minimum Gasteiger partial charge on any atom is -0.463 e. The highest BCUT2D eigenvalue weighted by atomic mass is 32.1. The Bertz CT molecular complexity index is 1990. The molecule has 1 atom stereocenters. The van der Waals surface area contributed by atoms with Crippen molar-refractivity contribution < 1.29 is 32.6 Å². The number of hydrogen-bond acceptors (Lipinski definition) is 9. The van der Waals surface area contributed by atoms with Gasteiger partial charge in [-0.25, -0.2) is 8.78 Å². The van der Waals surface area contributed by atoms with E-state index < -0.39 is 28.9 Å². The molecule has 11 nitrogen and oxygen atoms in total. The van der Waals surface area contributed by atoms with E-state index in [2.05, 4.69) is 20.7 Å². The number of carbonyl (C=O) groups is 3. The number of aromatic nitrogens is 3. The van der Waals surface area contributed by atoms with E-state index in [0.29, 0.717) is 41.0 Å². The molecule has 2 amide bonds. The zero-order chi connectivity index (χ0) is 34.0. The van der Waals surface area contributed by atoms with Gasteiger partial charge in [-0.05, 0) is 76.3 Å². The first kappa shape index (κ1) is 32.7. The molecule has 0 spiro atoms. The zero-order valence-corrected chi connectivity index (χ0v) is 27.1. The summed E-state index contributed by atoms with van der Waals surface area (Å²) in [6.45, 7) is 2.35. The lowest BCUT2D eigenvalue weighted by atomic mass is 10.0. The number of hydrogen-bond donors (Lipinski definition) is 2. The van der Waals surface area contributed by atoms with Crippen LogP contribution in [0.25, 0.3) is 20.7 Å². The molecule has 1 unspecified atom stereocenters. The highest BCUT2D eigenvalue weighted by Crippen LogP contribution is 2.48. The van der Waals surface area contributed by atoms with Gasteiger partial charge in [-0.3, -0.25) is 28.9 Å². The van der Waals surface area contributed by atoms with Crippen LogP contribution in [-0.2, 0) is 25.7 Å². The van der Waals surface area contributed by atoms with E-state index in [4.69, 9.17) is 9.47 Å². The summed E-state index contributed by atoms with van der Waals surface area (Å²) >= 11 is 1.41. The Morgan fingerprint density at radius 2 is 1.71 bits per heavy atom. The van der Waals surface area contributed by atoms with Crippen LogP contribution in [0.4, 0.5) is 20.2 Å². The predicted octanol–water partition coefficient (Wildman–Crippen LogP) is 6.08. The minimum atomic E-state index is -1.28. The number of benzene rings is 2. The molecular formula is C34H32F2N6O5S. The number of fused-ring (bicyclic) bond motifs is 1. The molecule has 0 aliphatic heterocycles. The summed E-state index contributed by atoms with van der Waals surface area (Å²) in [5, 5.41) is 9.66. The smallest absolute Gasteiger partial charge is 0.323 e. The van der Waals surface area contributed by atoms with E-state index in [-0.39, 0.29) is 30.1 Å². The number of carbonyl (C=O) groups excluding carboxylic acids is 3. The summed E-state index contributed by atoms with van der Waals surface area (Å²) in [6.07, 6.45) is 5.80. The maximum atomic E-state index is 15.2. The van der Waals surface area contributed by atoms with Crippen molar-refractivity contribution in [1.82, 2.24) is 19.7 Å². The van der Waals surface area contributed by atoms with E-state index in [1.807, 2.05) is 26.4 Å². The van der Waals surface area contributed by atoms with Gasteiger partial charge < -0.3 is 20.1 Å². The normalized spacial score (nSPS) is 14.0. The lowest BCUT2D eigenvalue weighted by Gasteiger charge is -2.17. The lowest BCUT2D eigenvalue weighted by molar-refractivity contribution is -0.148. The molecular weight excluding hydrogens is 642 g/mol. The quantitative estimate of drug-likeness (QED) is 0.120. The standard InChI is InChI=1S/C34H32F2N6O5S/c1-20(41(2)3)31(43)46-15-14-42-19-21(18-38-42)29-17-26-30(48-29)28(10-13-37-26)47-27-9-8-24(16-25(27)36)40-33(45)34(11-12-34)32(44)39-23-6-4-22(35)5-7-23/h4-10,13,16-20H,11-12,14-15H2,1-3H3,(H,39,44)(H,40,45). The van der Waals surface area contributed by atoms with Crippen LogP contribution in [-0.4, -0.2) is 64.2 Å². The highest BCUT2D eigenvalue weighted by Gasteiger charge is 2.56. The molecule has 0 radical (unpaired) electrons. The summed E-state index contributed by atoms with van der Waals surface area (Å²) in [4.78, 5) is 45.1. The number of pyridine rings is 1. The van der Waals surface area contributed by atoms with Crippen LogP contribution in [0.15, 0.2) is 73.2 Å². The monoisotopic (exact) mass is 674 g/mol. The number of esters is 1. The predicted molar refractivity (Wildman–Crippen MR) is 177 cm³/mol. The fourth-order valence-corrected chi connectivity index (χ4v) is 5.86. The van der Waals surface area contributed by atoms with Crippen molar-refractivity contribution in [3.05, 3.63) is 84.8 Å². The summed E-state index contributed by atoms with van der Waals surface area (Å²) < 4.78 is 42.1. The number of nitrogens with zero attached hydrogens (tertiary/aromatic N) is 4. The molecule has 3 aromatic heterocycles. The minimum absolute atomic E-state index is 0.0587. The van der Waals surface area contributed by atoms with Crippen molar-refractivity contribution in [2.75, 3.05) is 31.3 Å². The number of ether oxygens (including phenoxy) is 2. The lowest BCUT2D eigenvalue weighted by Crippen LogP contribution is -2.35. The van der Waals surface area contributed by atoms with Gasteiger partial charge in [-0.15, -0.1) is 11.3 Å². The molecule has 1 fully saturated rings. The first-order valence-corrected chi connectivity index (χ1v) is 15.9. The van der Waals surface area contributed by atoms with Gasteiger partial charge in [0.05, 0.1) is 23.0 Å². The molecule has 2 N–H and O–H groups in total. The van der Waals surface area contributed by atoms with E-state index in [1.165, 1.54) is 47.7 Å². The van der Waals surface area contributed by atoms with E-state index in [0.717, 1.165) is 16.5 Å². The topological polar surface area (TPSA) is 128 Å². The molecule has 1 aliphatic rings. The molecule has 0 bridgehead atoms. The zero-order valence-electron chi connectivity index (χ0n) is 26.3. The average Bonchev–Trinajstić information content (AvgIpc) is 3.55. The van der Waals surface area contributed by atoms with Gasteiger partial charge in [0, 0.05) is 46.3 Å². The molecule has 6 rings (SSSR count). The second-order valence-corrected chi connectivity index (χ2v) is 12.7.